The number of amides is 1. The Kier molecular flexibility index (Phi) is 6.47. The summed E-state index contributed by atoms with van der Waals surface area (Å²) >= 11 is 7.39. The molecular formula is C13H18Cl2N2OS. The second kappa shape index (κ2) is 7.39. The molecule has 3 nitrogen and oxygen atoms in total. The Balaban J connectivity index is 0.00000180. The summed E-state index contributed by atoms with van der Waals surface area (Å²) in [4.78, 5) is 15.1. The summed E-state index contributed by atoms with van der Waals surface area (Å²) in [6.45, 7) is 3.40. The van der Waals surface area contributed by atoms with Crippen LogP contribution in [0.1, 0.15) is 13.3 Å². The van der Waals surface area contributed by atoms with Crippen LogP contribution < -0.4 is 5.73 Å². The minimum Gasteiger partial charge on any atom is -0.340 e. The molecule has 2 N–H and O–H groups in total. The lowest BCUT2D eigenvalue weighted by atomic mass is 10.3. The molecule has 2 atom stereocenters. The Morgan fingerprint density at radius 3 is 2.63 bits per heavy atom. The van der Waals surface area contributed by atoms with Crippen LogP contribution >= 0.6 is 35.8 Å². The van der Waals surface area contributed by atoms with Crippen LogP contribution in [0.15, 0.2) is 29.2 Å². The maximum Gasteiger partial charge on any atom is 0.235 e. The topological polar surface area (TPSA) is 46.3 Å². The van der Waals surface area contributed by atoms with E-state index in [1.54, 1.807) is 11.8 Å². The lowest BCUT2D eigenvalue weighted by Crippen LogP contribution is -2.36. The van der Waals surface area contributed by atoms with Crippen molar-refractivity contribution in [3.05, 3.63) is 29.3 Å². The molecule has 0 bridgehead atoms. The number of likely N-dealkylation sites (tertiary alicyclic amines) is 1. The van der Waals surface area contributed by atoms with E-state index >= 15 is 0 Å². The van der Waals surface area contributed by atoms with Crippen LogP contribution in [0.5, 0.6) is 0 Å². The summed E-state index contributed by atoms with van der Waals surface area (Å²) in [7, 11) is 0. The molecule has 106 valence electrons. The van der Waals surface area contributed by atoms with Crippen molar-refractivity contribution >= 4 is 41.7 Å². The SMILES string of the molecule is CC(Sc1ccc(Cl)cc1)C(=O)N1CC[C@@H](N)C1.Cl. The number of nitrogens with two attached hydrogens (primary N) is 1. The van der Waals surface area contributed by atoms with Gasteiger partial charge in [0.15, 0.2) is 0 Å². The predicted octanol–water partition coefficient (Wildman–Crippen LogP) is 2.80. The molecule has 1 saturated heterocycles. The van der Waals surface area contributed by atoms with Crippen molar-refractivity contribution in [1.82, 2.24) is 4.90 Å². The standard InChI is InChI=1S/C13H17ClN2OS.ClH/c1-9(13(17)16-7-6-11(15)8-16)18-12-4-2-10(14)3-5-12;/h2-5,9,11H,6-8,15H2,1H3;1H/t9?,11-;/m1./s1. The predicted molar refractivity (Wildman–Crippen MR) is 83.2 cm³/mol. The highest BCUT2D eigenvalue weighted by Gasteiger charge is 2.27. The van der Waals surface area contributed by atoms with Gasteiger partial charge in [0.25, 0.3) is 0 Å². The van der Waals surface area contributed by atoms with E-state index in [0.29, 0.717) is 11.6 Å². The monoisotopic (exact) mass is 320 g/mol. The summed E-state index contributed by atoms with van der Waals surface area (Å²) in [5, 5.41) is 0.625. The normalized spacial score (nSPS) is 19.9. The van der Waals surface area contributed by atoms with Gasteiger partial charge in [-0.2, -0.15) is 0 Å². The van der Waals surface area contributed by atoms with Gasteiger partial charge < -0.3 is 10.6 Å². The summed E-state index contributed by atoms with van der Waals surface area (Å²) in [6.07, 6.45) is 0.907. The zero-order chi connectivity index (χ0) is 13.1. The van der Waals surface area contributed by atoms with E-state index in [9.17, 15) is 4.79 Å². The van der Waals surface area contributed by atoms with Crippen LogP contribution in [0.3, 0.4) is 0 Å². The number of benzene rings is 1. The largest absolute Gasteiger partial charge is 0.340 e. The number of carbonyl (C=O) groups excluding carboxylic acids is 1. The van der Waals surface area contributed by atoms with Crippen molar-refractivity contribution in [3.63, 3.8) is 0 Å². The molecule has 1 aromatic carbocycles. The minimum atomic E-state index is -0.0866. The average Bonchev–Trinajstić information content (AvgIpc) is 2.78. The molecule has 0 radical (unpaired) electrons. The highest BCUT2D eigenvalue weighted by atomic mass is 35.5. The Morgan fingerprint density at radius 1 is 1.47 bits per heavy atom. The van der Waals surface area contributed by atoms with Gasteiger partial charge in [-0.1, -0.05) is 11.6 Å². The van der Waals surface area contributed by atoms with Crippen molar-refractivity contribution in [2.45, 2.75) is 29.5 Å². The number of hydrogen-bond donors (Lipinski definition) is 1. The van der Waals surface area contributed by atoms with Crippen molar-refractivity contribution in [3.8, 4) is 0 Å². The minimum absolute atomic E-state index is 0. The highest BCUT2D eigenvalue weighted by molar-refractivity contribution is 8.00. The van der Waals surface area contributed by atoms with Crippen molar-refractivity contribution in [2.24, 2.45) is 5.73 Å². The van der Waals surface area contributed by atoms with Gasteiger partial charge in [0, 0.05) is 29.0 Å². The fraction of sp³-hybridized carbons (Fsp3) is 0.462. The fourth-order valence-corrected chi connectivity index (χ4v) is 3.09. The van der Waals surface area contributed by atoms with E-state index in [0.717, 1.165) is 17.9 Å². The number of halogens is 2. The van der Waals surface area contributed by atoms with E-state index in [4.69, 9.17) is 17.3 Å². The van der Waals surface area contributed by atoms with Crippen molar-refractivity contribution in [1.29, 1.82) is 0 Å². The first-order valence-electron chi connectivity index (χ1n) is 6.03. The maximum atomic E-state index is 12.2. The lowest BCUT2D eigenvalue weighted by molar-refractivity contribution is -0.129. The molecular weight excluding hydrogens is 303 g/mol. The van der Waals surface area contributed by atoms with Gasteiger partial charge in [-0.15, -0.1) is 24.2 Å². The molecule has 1 aromatic rings. The van der Waals surface area contributed by atoms with Gasteiger partial charge >= 0.3 is 0 Å². The first-order chi connectivity index (χ1) is 8.56. The first kappa shape index (κ1) is 16.6. The molecule has 2 rings (SSSR count). The molecule has 0 aromatic heterocycles. The number of nitrogens with zero attached hydrogens (tertiary/aromatic N) is 1. The second-order valence-electron chi connectivity index (χ2n) is 4.55. The molecule has 0 aliphatic carbocycles. The van der Waals surface area contributed by atoms with Crippen LogP contribution in [0, 0.1) is 0 Å². The molecule has 19 heavy (non-hydrogen) atoms. The average molecular weight is 321 g/mol. The molecule has 0 spiro atoms. The Bertz CT molecular complexity index is 427. The summed E-state index contributed by atoms with van der Waals surface area (Å²) in [5.41, 5.74) is 5.82. The third kappa shape index (κ3) is 4.56. The van der Waals surface area contributed by atoms with E-state index in [1.165, 1.54) is 0 Å². The summed E-state index contributed by atoms with van der Waals surface area (Å²) in [6, 6.07) is 7.69. The first-order valence-corrected chi connectivity index (χ1v) is 7.28. The molecule has 6 heteroatoms. The zero-order valence-electron chi connectivity index (χ0n) is 10.7. The summed E-state index contributed by atoms with van der Waals surface area (Å²) < 4.78 is 0. The van der Waals surface area contributed by atoms with Crippen molar-refractivity contribution in [2.75, 3.05) is 13.1 Å². The molecule has 1 heterocycles. The third-order valence-corrected chi connectivity index (χ3v) is 4.36. The van der Waals surface area contributed by atoms with Gasteiger partial charge in [-0.25, -0.2) is 0 Å². The molecule has 1 unspecified atom stereocenters. The van der Waals surface area contributed by atoms with Crippen LogP contribution in [-0.4, -0.2) is 35.2 Å². The Hall–Kier alpha value is -0.420. The second-order valence-corrected chi connectivity index (χ2v) is 6.40. The molecule has 0 saturated carbocycles. The van der Waals surface area contributed by atoms with Crippen LogP contribution in [-0.2, 0) is 4.79 Å². The Morgan fingerprint density at radius 2 is 2.11 bits per heavy atom. The van der Waals surface area contributed by atoms with Gasteiger partial charge in [0.1, 0.15) is 0 Å². The Labute approximate surface area is 129 Å². The zero-order valence-corrected chi connectivity index (χ0v) is 13.1. The molecule has 1 amide bonds. The van der Waals surface area contributed by atoms with E-state index < -0.39 is 0 Å². The maximum absolute atomic E-state index is 12.2. The smallest absolute Gasteiger partial charge is 0.235 e. The third-order valence-electron chi connectivity index (χ3n) is 3.01. The highest BCUT2D eigenvalue weighted by Crippen LogP contribution is 2.26. The number of thioether (sulfide) groups is 1. The van der Waals surface area contributed by atoms with Gasteiger partial charge in [-0.05, 0) is 37.6 Å². The quantitative estimate of drug-likeness (QED) is 0.871. The van der Waals surface area contributed by atoms with Crippen LogP contribution in [0.4, 0.5) is 0 Å². The fourth-order valence-electron chi connectivity index (χ4n) is 2.01. The van der Waals surface area contributed by atoms with Gasteiger partial charge in [0.05, 0.1) is 5.25 Å². The number of carbonyl (C=O) groups is 1. The summed E-state index contributed by atoms with van der Waals surface area (Å²) in [5.74, 6) is 0.169. The number of hydrogen-bond acceptors (Lipinski definition) is 3. The van der Waals surface area contributed by atoms with Gasteiger partial charge in [-0.3, -0.25) is 4.79 Å². The molecule has 1 fully saturated rings. The van der Waals surface area contributed by atoms with E-state index in [-0.39, 0.29) is 29.6 Å². The lowest BCUT2D eigenvalue weighted by Gasteiger charge is -2.20. The van der Waals surface area contributed by atoms with Crippen LogP contribution in [0.2, 0.25) is 5.02 Å². The van der Waals surface area contributed by atoms with Crippen molar-refractivity contribution < 1.29 is 4.79 Å². The van der Waals surface area contributed by atoms with Gasteiger partial charge in [0.2, 0.25) is 5.91 Å². The number of rotatable bonds is 3. The van der Waals surface area contributed by atoms with Crippen LogP contribution in [0.25, 0.3) is 0 Å². The molecule has 1 aliphatic rings. The molecule has 1 aliphatic heterocycles. The van der Waals surface area contributed by atoms with E-state index in [2.05, 4.69) is 0 Å². The van der Waals surface area contributed by atoms with E-state index in [1.807, 2.05) is 36.1 Å².